The molecule has 4 nitrogen and oxygen atoms in total. The Labute approximate surface area is 129 Å². The Morgan fingerprint density at radius 2 is 1.95 bits per heavy atom. The molecule has 0 bridgehead atoms. The van der Waals surface area contributed by atoms with Crippen LogP contribution in [-0.2, 0) is 7.05 Å². The maximum Gasteiger partial charge on any atom is 0.223 e. The average Bonchev–Trinajstić information content (AvgIpc) is 2.82. The fourth-order valence-electron chi connectivity index (χ4n) is 2.32. The van der Waals surface area contributed by atoms with Gasteiger partial charge in [-0.25, -0.2) is 4.68 Å². The molecule has 5 heteroatoms. The Bertz CT molecular complexity index is 705. The zero-order valence-electron chi connectivity index (χ0n) is 13.0. The standard InChI is InChI=1S/C16H19ClN2O2/c1-6-21-16-13(8-18-19(16)5)15(20)12-7-9(2)14(17)11(4)10(12)3/h7-8H,6H2,1-5H3. The number of ether oxygens (including phenoxy) is 1. The summed E-state index contributed by atoms with van der Waals surface area (Å²) in [5.41, 5.74) is 3.83. The molecule has 112 valence electrons. The van der Waals surface area contributed by atoms with E-state index in [0.717, 1.165) is 16.7 Å². The molecule has 0 radical (unpaired) electrons. The SMILES string of the molecule is CCOc1c(C(=O)c2cc(C)c(Cl)c(C)c2C)cnn1C. The lowest BCUT2D eigenvalue weighted by Crippen LogP contribution is -2.09. The highest BCUT2D eigenvalue weighted by Gasteiger charge is 2.22. The number of aryl methyl sites for hydroxylation is 2. The van der Waals surface area contributed by atoms with Gasteiger partial charge in [0, 0.05) is 17.6 Å². The number of aromatic nitrogens is 2. The number of halogens is 1. The van der Waals surface area contributed by atoms with Gasteiger partial charge in [0.2, 0.25) is 5.88 Å². The molecule has 2 aromatic rings. The van der Waals surface area contributed by atoms with E-state index in [0.29, 0.717) is 28.6 Å². The molecular weight excluding hydrogens is 288 g/mol. The van der Waals surface area contributed by atoms with Gasteiger partial charge < -0.3 is 4.74 Å². The van der Waals surface area contributed by atoms with Crippen molar-refractivity contribution in [2.75, 3.05) is 6.61 Å². The van der Waals surface area contributed by atoms with E-state index in [-0.39, 0.29) is 5.78 Å². The van der Waals surface area contributed by atoms with Crippen LogP contribution in [0.1, 0.15) is 39.5 Å². The van der Waals surface area contributed by atoms with Crippen LogP contribution in [-0.4, -0.2) is 22.2 Å². The number of nitrogens with zero attached hydrogens (tertiary/aromatic N) is 2. The molecule has 0 atom stereocenters. The Morgan fingerprint density at radius 3 is 2.57 bits per heavy atom. The Kier molecular flexibility index (Phi) is 4.37. The largest absolute Gasteiger partial charge is 0.478 e. The van der Waals surface area contributed by atoms with Crippen molar-refractivity contribution < 1.29 is 9.53 Å². The molecular formula is C16H19ClN2O2. The van der Waals surface area contributed by atoms with Gasteiger partial charge in [-0.1, -0.05) is 11.6 Å². The van der Waals surface area contributed by atoms with E-state index in [2.05, 4.69) is 5.10 Å². The molecule has 0 aliphatic rings. The second-order valence-corrected chi connectivity index (χ2v) is 5.43. The predicted molar refractivity (Wildman–Crippen MR) is 83.5 cm³/mol. The molecule has 21 heavy (non-hydrogen) atoms. The van der Waals surface area contributed by atoms with Crippen LogP contribution >= 0.6 is 11.6 Å². The summed E-state index contributed by atoms with van der Waals surface area (Å²) in [7, 11) is 1.76. The van der Waals surface area contributed by atoms with E-state index in [1.807, 2.05) is 33.8 Å². The average molecular weight is 307 g/mol. The molecule has 0 aliphatic carbocycles. The zero-order valence-corrected chi connectivity index (χ0v) is 13.7. The van der Waals surface area contributed by atoms with Crippen LogP contribution in [0.2, 0.25) is 5.02 Å². The molecule has 0 aliphatic heterocycles. The second kappa shape index (κ2) is 5.90. The summed E-state index contributed by atoms with van der Waals surface area (Å²) in [6.45, 7) is 8.09. The zero-order chi connectivity index (χ0) is 15.7. The Morgan fingerprint density at radius 1 is 1.29 bits per heavy atom. The van der Waals surface area contributed by atoms with Crippen molar-refractivity contribution in [3.8, 4) is 5.88 Å². The van der Waals surface area contributed by atoms with Crippen LogP contribution in [0.15, 0.2) is 12.3 Å². The second-order valence-electron chi connectivity index (χ2n) is 5.05. The van der Waals surface area contributed by atoms with Crippen LogP contribution in [0.25, 0.3) is 0 Å². The van der Waals surface area contributed by atoms with Crippen LogP contribution < -0.4 is 4.74 Å². The number of benzene rings is 1. The smallest absolute Gasteiger partial charge is 0.223 e. The first-order valence-electron chi connectivity index (χ1n) is 6.84. The van der Waals surface area contributed by atoms with Crippen LogP contribution in [0.4, 0.5) is 0 Å². The van der Waals surface area contributed by atoms with Gasteiger partial charge in [0.1, 0.15) is 5.56 Å². The van der Waals surface area contributed by atoms with Gasteiger partial charge in [-0.2, -0.15) is 5.10 Å². The lowest BCUT2D eigenvalue weighted by molar-refractivity contribution is 0.103. The molecule has 0 unspecified atom stereocenters. The van der Waals surface area contributed by atoms with Crippen molar-refractivity contribution in [2.45, 2.75) is 27.7 Å². The lowest BCUT2D eigenvalue weighted by Gasteiger charge is -2.12. The first-order valence-corrected chi connectivity index (χ1v) is 7.22. The molecule has 0 saturated carbocycles. The minimum Gasteiger partial charge on any atom is -0.478 e. The van der Waals surface area contributed by atoms with E-state index in [1.165, 1.54) is 0 Å². The van der Waals surface area contributed by atoms with Crippen molar-refractivity contribution in [3.63, 3.8) is 0 Å². The molecule has 0 saturated heterocycles. The van der Waals surface area contributed by atoms with Gasteiger partial charge in [-0.05, 0) is 50.5 Å². The fraction of sp³-hybridized carbons (Fsp3) is 0.375. The van der Waals surface area contributed by atoms with Crippen LogP contribution in [0.3, 0.4) is 0 Å². The third-order valence-corrected chi connectivity index (χ3v) is 4.24. The lowest BCUT2D eigenvalue weighted by atomic mass is 9.95. The fourth-order valence-corrected chi connectivity index (χ4v) is 2.52. The van der Waals surface area contributed by atoms with E-state index in [9.17, 15) is 4.79 Å². The molecule has 1 heterocycles. The predicted octanol–water partition coefficient (Wildman–Crippen LogP) is 3.63. The monoisotopic (exact) mass is 306 g/mol. The number of ketones is 1. The summed E-state index contributed by atoms with van der Waals surface area (Å²) in [6.07, 6.45) is 1.55. The van der Waals surface area contributed by atoms with Crippen LogP contribution in [0.5, 0.6) is 5.88 Å². The van der Waals surface area contributed by atoms with Crippen LogP contribution in [0, 0.1) is 20.8 Å². The number of hydrogen-bond acceptors (Lipinski definition) is 3. The first-order chi connectivity index (χ1) is 9.88. The van der Waals surface area contributed by atoms with Gasteiger partial charge in [-0.3, -0.25) is 4.79 Å². The Balaban J connectivity index is 2.56. The highest BCUT2D eigenvalue weighted by Crippen LogP contribution is 2.29. The minimum absolute atomic E-state index is 0.0908. The van der Waals surface area contributed by atoms with Crippen molar-refractivity contribution in [2.24, 2.45) is 7.05 Å². The summed E-state index contributed by atoms with van der Waals surface area (Å²) < 4.78 is 7.10. The van der Waals surface area contributed by atoms with E-state index >= 15 is 0 Å². The van der Waals surface area contributed by atoms with Gasteiger partial charge in [0.25, 0.3) is 0 Å². The van der Waals surface area contributed by atoms with Gasteiger partial charge in [0.05, 0.1) is 12.8 Å². The van der Waals surface area contributed by atoms with Crippen molar-refractivity contribution in [3.05, 3.63) is 45.1 Å². The minimum atomic E-state index is -0.0908. The van der Waals surface area contributed by atoms with E-state index < -0.39 is 0 Å². The summed E-state index contributed by atoms with van der Waals surface area (Å²) in [6, 6.07) is 1.83. The highest BCUT2D eigenvalue weighted by atomic mass is 35.5. The summed E-state index contributed by atoms with van der Waals surface area (Å²) in [5.74, 6) is 0.402. The first kappa shape index (κ1) is 15.6. The third kappa shape index (κ3) is 2.68. The number of rotatable bonds is 4. The molecule has 2 rings (SSSR count). The quantitative estimate of drug-likeness (QED) is 0.810. The topological polar surface area (TPSA) is 44.1 Å². The molecule has 1 aromatic heterocycles. The maximum atomic E-state index is 12.8. The number of carbonyl (C=O) groups is 1. The summed E-state index contributed by atoms with van der Waals surface area (Å²) in [5, 5.41) is 4.83. The molecule has 0 fully saturated rings. The van der Waals surface area contributed by atoms with E-state index in [1.54, 1.807) is 17.9 Å². The summed E-state index contributed by atoms with van der Waals surface area (Å²) >= 11 is 6.24. The van der Waals surface area contributed by atoms with Gasteiger partial charge in [0.15, 0.2) is 5.78 Å². The molecule has 0 amide bonds. The summed E-state index contributed by atoms with van der Waals surface area (Å²) in [4.78, 5) is 12.8. The van der Waals surface area contributed by atoms with Gasteiger partial charge in [-0.15, -0.1) is 0 Å². The maximum absolute atomic E-state index is 12.8. The van der Waals surface area contributed by atoms with Crippen molar-refractivity contribution >= 4 is 17.4 Å². The number of carbonyl (C=O) groups excluding carboxylic acids is 1. The normalized spacial score (nSPS) is 10.8. The molecule has 0 spiro atoms. The van der Waals surface area contributed by atoms with Gasteiger partial charge >= 0.3 is 0 Å². The highest BCUT2D eigenvalue weighted by molar-refractivity contribution is 6.32. The van der Waals surface area contributed by atoms with Crippen molar-refractivity contribution in [1.29, 1.82) is 0 Å². The number of hydrogen-bond donors (Lipinski definition) is 0. The Hall–Kier alpha value is -1.81. The van der Waals surface area contributed by atoms with E-state index in [4.69, 9.17) is 16.3 Å². The molecule has 1 aromatic carbocycles. The third-order valence-electron chi connectivity index (χ3n) is 3.66. The van der Waals surface area contributed by atoms with Crippen molar-refractivity contribution in [1.82, 2.24) is 9.78 Å². The molecule has 0 N–H and O–H groups in total.